The highest BCUT2D eigenvalue weighted by atomic mass is 32.1. The second-order valence-electron chi connectivity index (χ2n) is 5.50. The zero-order chi connectivity index (χ0) is 12.2. The summed E-state index contributed by atoms with van der Waals surface area (Å²) >= 11 is 1.72. The Hall–Kier alpha value is -0.450. The second kappa shape index (κ2) is 5.75. The van der Waals surface area contributed by atoms with Crippen LogP contribution in [0.3, 0.4) is 0 Å². The van der Waals surface area contributed by atoms with Crippen molar-refractivity contribution in [1.82, 2.24) is 9.88 Å². The molecule has 3 nitrogen and oxygen atoms in total. The SMILES string of the molecule is CN(Cc1csc(CCN)n1)CC(C)(C)C. The van der Waals surface area contributed by atoms with Crippen LogP contribution in [0, 0.1) is 5.41 Å². The zero-order valence-electron chi connectivity index (χ0n) is 10.8. The predicted molar refractivity (Wildman–Crippen MR) is 70.7 cm³/mol. The number of nitrogens with zero attached hydrogens (tertiary/aromatic N) is 2. The van der Waals surface area contributed by atoms with Gasteiger partial charge in [0.25, 0.3) is 0 Å². The van der Waals surface area contributed by atoms with Crippen molar-refractivity contribution in [3.8, 4) is 0 Å². The Morgan fingerprint density at radius 2 is 2.12 bits per heavy atom. The lowest BCUT2D eigenvalue weighted by molar-refractivity contribution is 0.219. The van der Waals surface area contributed by atoms with Gasteiger partial charge >= 0.3 is 0 Å². The van der Waals surface area contributed by atoms with Crippen LogP contribution in [-0.2, 0) is 13.0 Å². The Balaban J connectivity index is 2.46. The summed E-state index contributed by atoms with van der Waals surface area (Å²) in [5.74, 6) is 0. The van der Waals surface area contributed by atoms with Crippen molar-refractivity contribution in [1.29, 1.82) is 0 Å². The molecule has 0 aliphatic carbocycles. The smallest absolute Gasteiger partial charge is 0.0941 e. The van der Waals surface area contributed by atoms with E-state index >= 15 is 0 Å². The molecule has 1 aromatic heterocycles. The predicted octanol–water partition coefficient (Wildman–Crippen LogP) is 2.12. The molecule has 4 heteroatoms. The minimum atomic E-state index is 0.338. The van der Waals surface area contributed by atoms with Gasteiger partial charge in [-0.3, -0.25) is 4.90 Å². The standard InChI is InChI=1S/C12H23N3S/c1-12(2,3)9-15(4)7-10-8-16-11(14-10)5-6-13/h8H,5-7,9,13H2,1-4H3. The van der Waals surface area contributed by atoms with Gasteiger partial charge in [-0.25, -0.2) is 4.98 Å². The molecule has 1 aromatic rings. The largest absolute Gasteiger partial charge is 0.330 e. The number of nitrogens with two attached hydrogens (primary N) is 1. The van der Waals surface area contributed by atoms with Crippen molar-refractivity contribution in [3.63, 3.8) is 0 Å². The van der Waals surface area contributed by atoms with Crippen LogP contribution in [0.15, 0.2) is 5.38 Å². The molecule has 0 saturated carbocycles. The summed E-state index contributed by atoms with van der Waals surface area (Å²) in [6.45, 7) is 9.46. The lowest BCUT2D eigenvalue weighted by Gasteiger charge is -2.25. The molecule has 0 aromatic carbocycles. The molecule has 0 amide bonds. The highest BCUT2D eigenvalue weighted by molar-refractivity contribution is 7.09. The summed E-state index contributed by atoms with van der Waals surface area (Å²) in [5.41, 5.74) is 7.02. The normalized spacial score (nSPS) is 12.4. The van der Waals surface area contributed by atoms with Crippen molar-refractivity contribution < 1.29 is 0 Å². The summed E-state index contributed by atoms with van der Waals surface area (Å²) in [4.78, 5) is 6.89. The molecule has 0 atom stereocenters. The minimum Gasteiger partial charge on any atom is -0.330 e. The number of rotatable bonds is 5. The lowest BCUT2D eigenvalue weighted by Crippen LogP contribution is -2.28. The molecule has 0 bridgehead atoms. The van der Waals surface area contributed by atoms with E-state index in [0.717, 1.165) is 24.5 Å². The Labute approximate surface area is 103 Å². The molecular formula is C12H23N3S. The van der Waals surface area contributed by atoms with E-state index in [4.69, 9.17) is 5.73 Å². The van der Waals surface area contributed by atoms with Crippen molar-refractivity contribution in [3.05, 3.63) is 16.1 Å². The van der Waals surface area contributed by atoms with E-state index in [1.807, 2.05) is 0 Å². The van der Waals surface area contributed by atoms with E-state index in [1.165, 1.54) is 5.69 Å². The van der Waals surface area contributed by atoms with Gasteiger partial charge in [-0.2, -0.15) is 0 Å². The lowest BCUT2D eigenvalue weighted by atomic mass is 9.96. The maximum Gasteiger partial charge on any atom is 0.0941 e. The molecule has 0 aliphatic rings. The van der Waals surface area contributed by atoms with Crippen LogP contribution in [0.2, 0.25) is 0 Å². The summed E-state index contributed by atoms with van der Waals surface area (Å²) < 4.78 is 0. The van der Waals surface area contributed by atoms with Crippen LogP contribution >= 0.6 is 11.3 Å². The second-order valence-corrected chi connectivity index (χ2v) is 6.45. The maximum absolute atomic E-state index is 5.51. The third-order valence-electron chi connectivity index (χ3n) is 2.13. The van der Waals surface area contributed by atoms with Crippen LogP contribution in [-0.4, -0.2) is 30.0 Å². The first-order valence-electron chi connectivity index (χ1n) is 5.72. The monoisotopic (exact) mass is 241 g/mol. The summed E-state index contributed by atoms with van der Waals surface area (Å²) in [7, 11) is 2.15. The molecule has 92 valence electrons. The van der Waals surface area contributed by atoms with E-state index in [9.17, 15) is 0 Å². The van der Waals surface area contributed by atoms with Crippen molar-refractivity contribution in [2.45, 2.75) is 33.7 Å². The molecular weight excluding hydrogens is 218 g/mol. The fourth-order valence-electron chi connectivity index (χ4n) is 1.80. The molecule has 16 heavy (non-hydrogen) atoms. The number of thiazole rings is 1. The molecule has 0 spiro atoms. The van der Waals surface area contributed by atoms with Gasteiger partial charge in [0.05, 0.1) is 10.7 Å². The Kier molecular flexibility index (Phi) is 4.89. The molecule has 1 heterocycles. The molecule has 0 fully saturated rings. The summed E-state index contributed by atoms with van der Waals surface area (Å²) in [6, 6.07) is 0. The van der Waals surface area contributed by atoms with E-state index in [1.54, 1.807) is 11.3 Å². The first kappa shape index (κ1) is 13.6. The first-order valence-corrected chi connectivity index (χ1v) is 6.60. The minimum absolute atomic E-state index is 0.338. The van der Waals surface area contributed by atoms with Crippen LogP contribution in [0.25, 0.3) is 0 Å². The van der Waals surface area contributed by atoms with E-state index in [0.29, 0.717) is 12.0 Å². The third-order valence-corrected chi connectivity index (χ3v) is 3.09. The van der Waals surface area contributed by atoms with Crippen LogP contribution in [0.5, 0.6) is 0 Å². The van der Waals surface area contributed by atoms with E-state index in [-0.39, 0.29) is 0 Å². The van der Waals surface area contributed by atoms with Crippen LogP contribution in [0.4, 0.5) is 0 Å². The third kappa shape index (κ3) is 5.05. The zero-order valence-corrected chi connectivity index (χ0v) is 11.6. The van der Waals surface area contributed by atoms with Crippen molar-refractivity contribution >= 4 is 11.3 Å². The molecule has 1 rings (SSSR count). The van der Waals surface area contributed by atoms with Gasteiger partial charge in [-0.15, -0.1) is 11.3 Å². The van der Waals surface area contributed by atoms with Gasteiger partial charge in [0.1, 0.15) is 0 Å². The summed E-state index contributed by atoms with van der Waals surface area (Å²) in [5, 5.41) is 3.30. The fourth-order valence-corrected chi connectivity index (χ4v) is 2.61. The van der Waals surface area contributed by atoms with Gasteiger partial charge in [0, 0.05) is 24.9 Å². The average Bonchev–Trinajstić information content (AvgIpc) is 2.49. The van der Waals surface area contributed by atoms with Crippen LogP contribution in [0.1, 0.15) is 31.5 Å². The number of hydrogen-bond donors (Lipinski definition) is 1. The molecule has 0 saturated heterocycles. The average molecular weight is 241 g/mol. The summed E-state index contributed by atoms with van der Waals surface area (Å²) in [6.07, 6.45) is 0.896. The van der Waals surface area contributed by atoms with Crippen molar-refractivity contribution in [2.75, 3.05) is 20.1 Å². The first-order chi connectivity index (χ1) is 7.40. The maximum atomic E-state index is 5.51. The van der Waals surface area contributed by atoms with Gasteiger partial charge in [0.2, 0.25) is 0 Å². The van der Waals surface area contributed by atoms with Crippen LogP contribution < -0.4 is 5.73 Å². The topological polar surface area (TPSA) is 42.1 Å². The van der Waals surface area contributed by atoms with Gasteiger partial charge in [0.15, 0.2) is 0 Å². The highest BCUT2D eigenvalue weighted by Crippen LogP contribution is 2.17. The molecule has 2 N–H and O–H groups in total. The van der Waals surface area contributed by atoms with Gasteiger partial charge in [-0.05, 0) is 19.0 Å². The van der Waals surface area contributed by atoms with E-state index < -0.39 is 0 Å². The number of aromatic nitrogens is 1. The Bertz CT molecular complexity index is 314. The Morgan fingerprint density at radius 3 is 2.69 bits per heavy atom. The fraction of sp³-hybridized carbons (Fsp3) is 0.750. The van der Waals surface area contributed by atoms with Gasteiger partial charge in [-0.1, -0.05) is 20.8 Å². The number of hydrogen-bond acceptors (Lipinski definition) is 4. The van der Waals surface area contributed by atoms with Crippen molar-refractivity contribution in [2.24, 2.45) is 11.1 Å². The molecule has 0 radical (unpaired) electrons. The molecule has 0 unspecified atom stereocenters. The van der Waals surface area contributed by atoms with E-state index in [2.05, 4.69) is 43.1 Å². The quantitative estimate of drug-likeness (QED) is 0.858. The molecule has 0 aliphatic heterocycles. The Morgan fingerprint density at radius 1 is 1.44 bits per heavy atom. The van der Waals surface area contributed by atoms with Gasteiger partial charge < -0.3 is 5.73 Å². The highest BCUT2D eigenvalue weighted by Gasteiger charge is 2.14.